The summed E-state index contributed by atoms with van der Waals surface area (Å²) in [7, 11) is 0. The van der Waals surface area contributed by atoms with Crippen LogP contribution in [0.5, 0.6) is 11.5 Å². The van der Waals surface area contributed by atoms with Crippen LogP contribution in [0.2, 0.25) is 0 Å². The van der Waals surface area contributed by atoms with Gasteiger partial charge in [-0.25, -0.2) is 0 Å². The maximum atomic E-state index is 9.40. The van der Waals surface area contributed by atoms with E-state index in [2.05, 4.69) is 11.7 Å². The van der Waals surface area contributed by atoms with Crippen molar-refractivity contribution in [3.8, 4) is 34.1 Å². The Morgan fingerprint density at radius 2 is 1.45 bits per heavy atom. The third-order valence-electron chi connectivity index (χ3n) is 3.41. The lowest BCUT2D eigenvalue weighted by Gasteiger charge is -2.03. The zero-order chi connectivity index (χ0) is 15.5. The fourth-order valence-electron chi connectivity index (χ4n) is 2.33. The molecule has 3 aromatic rings. The van der Waals surface area contributed by atoms with Gasteiger partial charge in [-0.05, 0) is 55.0 Å². The van der Waals surface area contributed by atoms with Gasteiger partial charge >= 0.3 is 0 Å². The molecule has 1 aromatic heterocycles. The average Bonchev–Trinajstić information content (AvgIpc) is 2.93. The highest BCUT2D eigenvalue weighted by Crippen LogP contribution is 2.34. The SMILES string of the molecule is C=CCc1c(-c2ccc(O)cc2)noc1-c1ccc(O)cc1. The van der Waals surface area contributed by atoms with Gasteiger partial charge in [0.1, 0.15) is 17.2 Å². The molecule has 0 saturated heterocycles. The molecule has 0 aliphatic carbocycles. The molecule has 0 amide bonds. The highest BCUT2D eigenvalue weighted by Gasteiger charge is 2.18. The van der Waals surface area contributed by atoms with E-state index in [-0.39, 0.29) is 11.5 Å². The number of phenols is 2. The van der Waals surface area contributed by atoms with Crippen LogP contribution in [-0.2, 0) is 6.42 Å². The molecule has 0 bridgehead atoms. The molecule has 1 heterocycles. The van der Waals surface area contributed by atoms with Crippen molar-refractivity contribution in [1.82, 2.24) is 5.16 Å². The maximum Gasteiger partial charge on any atom is 0.170 e. The first-order chi connectivity index (χ1) is 10.7. The van der Waals surface area contributed by atoms with Crippen LogP contribution in [0.25, 0.3) is 22.6 Å². The quantitative estimate of drug-likeness (QED) is 0.709. The summed E-state index contributed by atoms with van der Waals surface area (Å²) in [6.07, 6.45) is 2.40. The van der Waals surface area contributed by atoms with E-state index >= 15 is 0 Å². The minimum atomic E-state index is 0.201. The van der Waals surface area contributed by atoms with Gasteiger partial charge in [-0.1, -0.05) is 11.2 Å². The second kappa shape index (κ2) is 5.77. The molecule has 0 aliphatic rings. The molecule has 110 valence electrons. The lowest BCUT2D eigenvalue weighted by Crippen LogP contribution is -1.87. The second-order valence-electron chi connectivity index (χ2n) is 4.93. The molecule has 0 unspecified atom stereocenters. The van der Waals surface area contributed by atoms with Crippen molar-refractivity contribution in [3.05, 3.63) is 66.7 Å². The van der Waals surface area contributed by atoms with Crippen LogP contribution in [0.1, 0.15) is 5.56 Å². The Kier molecular flexibility index (Phi) is 3.66. The first kappa shape index (κ1) is 13.9. The Morgan fingerprint density at radius 1 is 0.909 bits per heavy atom. The number of allylic oxidation sites excluding steroid dienone is 1. The van der Waals surface area contributed by atoms with Crippen LogP contribution in [0.15, 0.2) is 65.7 Å². The Labute approximate surface area is 128 Å². The van der Waals surface area contributed by atoms with Crippen LogP contribution < -0.4 is 0 Å². The summed E-state index contributed by atoms with van der Waals surface area (Å²) < 4.78 is 5.52. The average molecular weight is 293 g/mol. The standard InChI is InChI=1S/C18H15NO3/c1-2-3-16-17(12-4-8-14(20)9-5-12)19-22-18(16)13-6-10-15(21)11-7-13/h2,4-11,20-21H,1,3H2. The minimum absolute atomic E-state index is 0.201. The summed E-state index contributed by atoms with van der Waals surface area (Å²) in [6.45, 7) is 3.78. The molecule has 22 heavy (non-hydrogen) atoms. The number of phenolic OH excluding ortho intramolecular Hbond substituents is 2. The van der Waals surface area contributed by atoms with Crippen molar-refractivity contribution >= 4 is 0 Å². The van der Waals surface area contributed by atoms with Gasteiger partial charge in [0.05, 0.1) is 0 Å². The first-order valence-electron chi connectivity index (χ1n) is 6.87. The highest BCUT2D eigenvalue weighted by molar-refractivity contribution is 5.73. The molecule has 2 aromatic carbocycles. The number of aromatic hydroxyl groups is 2. The van der Waals surface area contributed by atoms with Crippen LogP contribution in [0, 0.1) is 0 Å². The van der Waals surface area contributed by atoms with Crippen LogP contribution in [-0.4, -0.2) is 15.4 Å². The predicted molar refractivity (Wildman–Crippen MR) is 84.6 cm³/mol. The lowest BCUT2D eigenvalue weighted by molar-refractivity contribution is 0.434. The fourth-order valence-corrected chi connectivity index (χ4v) is 2.33. The molecule has 0 radical (unpaired) electrons. The van der Waals surface area contributed by atoms with Gasteiger partial charge in [0.2, 0.25) is 0 Å². The summed E-state index contributed by atoms with van der Waals surface area (Å²) in [5.74, 6) is 1.06. The van der Waals surface area contributed by atoms with Gasteiger partial charge in [-0.15, -0.1) is 6.58 Å². The Balaban J connectivity index is 2.10. The number of benzene rings is 2. The van der Waals surface area contributed by atoms with Crippen LogP contribution in [0.4, 0.5) is 0 Å². The van der Waals surface area contributed by atoms with Gasteiger partial charge in [0.15, 0.2) is 5.76 Å². The fraction of sp³-hybridized carbons (Fsp3) is 0.0556. The zero-order valence-corrected chi connectivity index (χ0v) is 11.9. The van der Waals surface area contributed by atoms with E-state index in [1.165, 1.54) is 0 Å². The number of hydrogen-bond acceptors (Lipinski definition) is 4. The number of rotatable bonds is 4. The molecule has 3 rings (SSSR count). The van der Waals surface area contributed by atoms with Crippen molar-refractivity contribution in [1.29, 1.82) is 0 Å². The summed E-state index contributed by atoms with van der Waals surface area (Å²) in [4.78, 5) is 0. The van der Waals surface area contributed by atoms with Crippen LogP contribution >= 0.6 is 0 Å². The van der Waals surface area contributed by atoms with E-state index in [1.807, 2.05) is 0 Å². The molecule has 0 atom stereocenters. The van der Waals surface area contributed by atoms with E-state index in [0.717, 1.165) is 22.4 Å². The normalized spacial score (nSPS) is 10.5. The number of aromatic nitrogens is 1. The topological polar surface area (TPSA) is 66.5 Å². The van der Waals surface area contributed by atoms with Gasteiger partial charge in [-0.3, -0.25) is 0 Å². The third kappa shape index (κ3) is 2.59. The summed E-state index contributed by atoms with van der Waals surface area (Å²) in [6, 6.07) is 13.6. The second-order valence-corrected chi connectivity index (χ2v) is 4.93. The minimum Gasteiger partial charge on any atom is -0.508 e. The van der Waals surface area contributed by atoms with Crippen molar-refractivity contribution in [2.24, 2.45) is 0 Å². The molecule has 0 fully saturated rings. The van der Waals surface area contributed by atoms with Gasteiger partial charge < -0.3 is 14.7 Å². The molecular weight excluding hydrogens is 278 g/mol. The number of nitrogens with zero attached hydrogens (tertiary/aromatic N) is 1. The third-order valence-corrected chi connectivity index (χ3v) is 3.41. The van der Waals surface area contributed by atoms with Gasteiger partial charge in [0.25, 0.3) is 0 Å². The summed E-state index contributed by atoms with van der Waals surface area (Å²) >= 11 is 0. The molecule has 4 heteroatoms. The van der Waals surface area contributed by atoms with E-state index in [9.17, 15) is 10.2 Å². The summed E-state index contributed by atoms with van der Waals surface area (Å²) in [5.41, 5.74) is 3.35. The van der Waals surface area contributed by atoms with Crippen molar-refractivity contribution in [3.63, 3.8) is 0 Å². The Hall–Kier alpha value is -3.01. The molecular formula is C18H15NO3. The monoisotopic (exact) mass is 293 g/mol. The Morgan fingerprint density at radius 3 is 2.00 bits per heavy atom. The van der Waals surface area contributed by atoms with E-state index in [1.54, 1.807) is 54.6 Å². The lowest BCUT2D eigenvalue weighted by atomic mass is 10.00. The van der Waals surface area contributed by atoms with Crippen molar-refractivity contribution in [2.75, 3.05) is 0 Å². The highest BCUT2D eigenvalue weighted by atomic mass is 16.5. The van der Waals surface area contributed by atoms with Gasteiger partial charge in [0, 0.05) is 16.7 Å². The molecule has 0 aliphatic heterocycles. The van der Waals surface area contributed by atoms with Crippen molar-refractivity contribution < 1.29 is 14.7 Å². The maximum absolute atomic E-state index is 9.40. The Bertz CT molecular complexity index is 723. The largest absolute Gasteiger partial charge is 0.508 e. The molecule has 4 nitrogen and oxygen atoms in total. The van der Waals surface area contributed by atoms with Crippen LogP contribution in [0.3, 0.4) is 0 Å². The van der Waals surface area contributed by atoms with Crippen molar-refractivity contribution in [2.45, 2.75) is 6.42 Å². The number of hydrogen-bond donors (Lipinski definition) is 2. The zero-order valence-electron chi connectivity index (χ0n) is 11.9. The molecule has 2 N–H and O–H groups in total. The van der Waals surface area contributed by atoms with E-state index in [4.69, 9.17) is 4.52 Å². The van der Waals surface area contributed by atoms with Gasteiger partial charge in [-0.2, -0.15) is 0 Å². The predicted octanol–water partition coefficient (Wildman–Crippen LogP) is 4.15. The summed E-state index contributed by atoms with van der Waals surface area (Å²) in [5, 5.41) is 23.0. The smallest absolute Gasteiger partial charge is 0.170 e. The van der Waals surface area contributed by atoms with E-state index in [0.29, 0.717) is 12.2 Å². The van der Waals surface area contributed by atoms with E-state index < -0.39 is 0 Å². The molecule has 0 spiro atoms. The molecule has 0 saturated carbocycles. The first-order valence-corrected chi connectivity index (χ1v) is 6.87.